The van der Waals surface area contributed by atoms with E-state index < -0.39 is 0 Å². The second-order valence-electron chi connectivity index (χ2n) is 14.3. The lowest BCUT2D eigenvalue weighted by atomic mass is 9.70. The van der Waals surface area contributed by atoms with Gasteiger partial charge in [0.1, 0.15) is 0 Å². The second kappa shape index (κ2) is 13.9. The summed E-state index contributed by atoms with van der Waals surface area (Å²) in [6.07, 6.45) is 24.2. The third kappa shape index (κ3) is 7.64. The Bertz CT molecular complexity index is 1060. The van der Waals surface area contributed by atoms with Gasteiger partial charge < -0.3 is 4.74 Å². The molecular formula is C40H54O. The van der Waals surface area contributed by atoms with E-state index in [1.165, 1.54) is 101 Å². The highest BCUT2D eigenvalue weighted by Crippen LogP contribution is 2.44. The Hall–Kier alpha value is -2.12. The van der Waals surface area contributed by atoms with E-state index >= 15 is 0 Å². The summed E-state index contributed by atoms with van der Waals surface area (Å²) in [7, 11) is 0. The van der Waals surface area contributed by atoms with E-state index in [1.54, 1.807) is 22.3 Å². The molecule has 2 fully saturated rings. The molecule has 0 bridgehead atoms. The van der Waals surface area contributed by atoms with Crippen molar-refractivity contribution in [1.82, 2.24) is 0 Å². The molecule has 0 radical (unpaired) electrons. The normalized spacial score (nSPS) is 30.9. The summed E-state index contributed by atoms with van der Waals surface area (Å²) in [5.41, 5.74) is 9.02. The molecule has 41 heavy (non-hydrogen) atoms. The van der Waals surface area contributed by atoms with Crippen LogP contribution in [0.15, 0.2) is 71.8 Å². The quantitative estimate of drug-likeness (QED) is 0.297. The van der Waals surface area contributed by atoms with Gasteiger partial charge in [0.15, 0.2) is 0 Å². The van der Waals surface area contributed by atoms with Crippen LogP contribution >= 0.6 is 0 Å². The van der Waals surface area contributed by atoms with Crippen molar-refractivity contribution >= 4 is 0 Å². The molecular weight excluding hydrogens is 496 g/mol. The molecule has 0 heterocycles. The Labute approximate surface area is 250 Å². The van der Waals surface area contributed by atoms with E-state index in [0.717, 1.165) is 48.7 Å². The molecule has 1 heteroatoms. The molecule has 0 aromatic heterocycles. The maximum absolute atomic E-state index is 6.28. The molecule has 4 aliphatic rings. The summed E-state index contributed by atoms with van der Waals surface area (Å²) >= 11 is 0. The molecule has 1 nitrogen and oxygen atoms in total. The van der Waals surface area contributed by atoms with Crippen LogP contribution in [-0.2, 0) is 4.74 Å². The van der Waals surface area contributed by atoms with Gasteiger partial charge in [0.25, 0.3) is 0 Å². The largest absolute Gasteiger partial charge is 0.373 e. The van der Waals surface area contributed by atoms with Crippen molar-refractivity contribution in [2.45, 2.75) is 116 Å². The predicted octanol–water partition coefficient (Wildman–Crippen LogP) is 11.0. The van der Waals surface area contributed by atoms with Crippen LogP contribution in [0.2, 0.25) is 0 Å². The first-order chi connectivity index (χ1) is 20.1. The predicted molar refractivity (Wildman–Crippen MR) is 173 cm³/mol. The molecule has 2 aromatic rings. The minimum atomic E-state index is 0.790. The van der Waals surface area contributed by atoms with Crippen molar-refractivity contribution in [2.24, 2.45) is 23.7 Å². The van der Waals surface area contributed by atoms with Crippen molar-refractivity contribution in [3.05, 3.63) is 94.1 Å². The van der Waals surface area contributed by atoms with Gasteiger partial charge >= 0.3 is 0 Å². The zero-order valence-corrected chi connectivity index (χ0v) is 26.0. The van der Waals surface area contributed by atoms with Crippen molar-refractivity contribution in [2.75, 3.05) is 13.2 Å². The summed E-state index contributed by atoms with van der Waals surface area (Å²) in [5, 5.41) is 0. The van der Waals surface area contributed by atoms with Crippen LogP contribution in [0.3, 0.4) is 0 Å². The van der Waals surface area contributed by atoms with E-state index in [4.69, 9.17) is 4.74 Å². The lowest BCUT2D eigenvalue weighted by Crippen LogP contribution is -2.23. The molecule has 2 unspecified atom stereocenters. The summed E-state index contributed by atoms with van der Waals surface area (Å²) in [4.78, 5) is 0. The lowest BCUT2D eigenvalue weighted by Gasteiger charge is -2.36. The topological polar surface area (TPSA) is 9.23 Å². The van der Waals surface area contributed by atoms with Gasteiger partial charge in [-0.25, -0.2) is 0 Å². The molecule has 0 amide bonds. The van der Waals surface area contributed by atoms with Crippen LogP contribution in [-0.4, -0.2) is 13.2 Å². The number of hydrogen-bond acceptors (Lipinski definition) is 1. The fourth-order valence-corrected chi connectivity index (χ4v) is 8.77. The Balaban J connectivity index is 0.870. The molecule has 0 N–H and O–H groups in total. The third-order valence-electron chi connectivity index (χ3n) is 11.6. The average Bonchev–Trinajstić information content (AvgIpc) is 3.03. The Morgan fingerprint density at radius 3 is 1.22 bits per heavy atom. The maximum atomic E-state index is 6.28. The number of aryl methyl sites for hydroxylation is 2. The molecule has 0 saturated heterocycles. The summed E-state index contributed by atoms with van der Waals surface area (Å²) in [6, 6.07) is 18.6. The fraction of sp³-hybridized carbons (Fsp3) is 0.600. The lowest BCUT2D eigenvalue weighted by molar-refractivity contribution is 0.160. The molecule has 6 rings (SSSR count). The van der Waals surface area contributed by atoms with E-state index in [1.807, 2.05) is 0 Å². The van der Waals surface area contributed by atoms with Gasteiger partial charge in [-0.15, -0.1) is 0 Å². The molecule has 0 aliphatic heterocycles. The van der Waals surface area contributed by atoms with Crippen molar-refractivity contribution in [3.8, 4) is 0 Å². The van der Waals surface area contributed by atoms with Crippen LogP contribution in [0.25, 0.3) is 0 Å². The maximum Gasteiger partial charge on any atom is 0.0681 e. The molecule has 2 aromatic carbocycles. The van der Waals surface area contributed by atoms with E-state index in [0.29, 0.717) is 0 Å². The van der Waals surface area contributed by atoms with Crippen LogP contribution in [0.4, 0.5) is 0 Å². The monoisotopic (exact) mass is 550 g/mol. The Morgan fingerprint density at radius 1 is 0.488 bits per heavy atom. The van der Waals surface area contributed by atoms with Crippen LogP contribution < -0.4 is 0 Å². The van der Waals surface area contributed by atoms with Gasteiger partial charge in [0.05, 0.1) is 13.2 Å². The van der Waals surface area contributed by atoms with Gasteiger partial charge in [-0.1, -0.05) is 71.8 Å². The Kier molecular flexibility index (Phi) is 9.82. The van der Waals surface area contributed by atoms with Crippen molar-refractivity contribution < 1.29 is 4.74 Å². The zero-order valence-electron chi connectivity index (χ0n) is 26.0. The Morgan fingerprint density at radius 2 is 0.878 bits per heavy atom. The highest BCUT2D eigenvalue weighted by Gasteiger charge is 2.30. The van der Waals surface area contributed by atoms with Gasteiger partial charge in [0, 0.05) is 0 Å². The van der Waals surface area contributed by atoms with Crippen LogP contribution in [0.5, 0.6) is 0 Å². The molecule has 0 spiro atoms. The number of rotatable bonds is 8. The SMILES string of the molecule is Cc1ccc(C2CCC(C3CC=C(COCC4=CCC(C5CCC(c6ccc(C)cc6)CC5)CC4)CC3)CC2)cc1. The summed E-state index contributed by atoms with van der Waals surface area (Å²) in [5.74, 6) is 5.27. The average molecular weight is 551 g/mol. The first-order valence-electron chi connectivity index (χ1n) is 17.2. The van der Waals surface area contributed by atoms with Gasteiger partial charge in [-0.05, 0) is 162 Å². The standard InChI is InChI=1S/C40H54O/c1-29-3-11-33(12-4-29)37-19-23-39(24-20-37)35-15-7-31(8-16-35)27-41-28-32-9-17-36(18-10-32)40-25-21-38(22-26-40)34-13-5-30(2)6-14-34/h3-7,9,11-14,35-40H,8,10,15-28H2,1-2H3. The molecule has 4 aliphatic carbocycles. The summed E-state index contributed by atoms with van der Waals surface area (Å²) in [6.45, 7) is 6.10. The zero-order chi connectivity index (χ0) is 28.0. The van der Waals surface area contributed by atoms with Crippen molar-refractivity contribution in [1.29, 1.82) is 0 Å². The van der Waals surface area contributed by atoms with Gasteiger partial charge in [-0.3, -0.25) is 0 Å². The third-order valence-corrected chi connectivity index (χ3v) is 11.6. The summed E-state index contributed by atoms with van der Waals surface area (Å²) < 4.78 is 6.28. The van der Waals surface area contributed by atoms with Gasteiger partial charge in [0.2, 0.25) is 0 Å². The van der Waals surface area contributed by atoms with E-state index in [2.05, 4.69) is 74.5 Å². The molecule has 2 atom stereocenters. The smallest absolute Gasteiger partial charge is 0.0681 e. The first kappa shape index (κ1) is 29.0. The van der Waals surface area contributed by atoms with Crippen LogP contribution in [0, 0.1) is 37.5 Å². The number of allylic oxidation sites excluding steroid dienone is 2. The molecule has 220 valence electrons. The first-order valence-corrected chi connectivity index (χ1v) is 17.2. The highest BCUT2D eigenvalue weighted by atomic mass is 16.5. The second-order valence-corrected chi connectivity index (χ2v) is 14.3. The minimum Gasteiger partial charge on any atom is -0.373 e. The number of benzene rings is 2. The fourth-order valence-electron chi connectivity index (χ4n) is 8.77. The van der Waals surface area contributed by atoms with Gasteiger partial charge in [-0.2, -0.15) is 0 Å². The number of hydrogen-bond donors (Lipinski definition) is 0. The minimum absolute atomic E-state index is 0.790. The molecule has 2 saturated carbocycles. The van der Waals surface area contributed by atoms with E-state index in [-0.39, 0.29) is 0 Å². The van der Waals surface area contributed by atoms with E-state index in [9.17, 15) is 0 Å². The van der Waals surface area contributed by atoms with Crippen molar-refractivity contribution in [3.63, 3.8) is 0 Å². The van der Waals surface area contributed by atoms with Crippen LogP contribution in [0.1, 0.15) is 124 Å². The highest BCUT2D eigenvalue weighted by molar-refractivity contribution is 5.26. The number of ether oxygens (including phenoxy) is 1.